The highest BCUT2D eigenvalue weighted by molar-refractivity contribution is 5.81. The predicted molar refractivity (Wildman–Crippen MR) is 89.2 cm³/mol. The van der Waals surface area contributed by atoms with Crippen LogP contribution in [-0.4, -0.2) is 57.2 Å². The maximum atomic E-state index is 12.5. The summed E-state index contributed by atoms with van der Waals surface area (Å²) in [6.45, 7) is 6.69. The maximum Gasteiger partial charge on any atom is 0.239 e. The fourth-order valence-electron chi connectivity index (χ4n) is 2.85. The van der Waals surface area contributed by atoms with Crippen LogP contribution >= 0.6 is 0 Å². The molecule has 5 nitrogen and oxygen atoms in total. The van der Waals surface area contributed by atoms with Crippen LogP contribution in [0.15, 0.2) is 24.3 Å². The number of anilines is 1. The Kier molecular flexibility index (Phi) is 5.80. The topological polar surface area (TPSA) is 44.8 Å². The van der Waals surface area contributed by atoms with Gasteiger partial charge >= 0.3 is 0 Å². The minimum Gasteiger partial charge on any atom is -0.378 e. The summed E-state index contributed by atoms with van der Waals surface area (Å²) in [5.41, 5.74) is 2.38. The smallest absolute Gasteiger partial charge is 0.239 e. The van der Waals surface area contributed by atoms with E-state index in [1.54, 1.807) is 0 Å². The third-order valence-corrected chi connectivity index (χ3v) is 4.08. The molecule has 0 aromatic heterocycles. The first-order valence-corrected chi connectivity index (χ1v) is 7.89. The molecular weight excluding hydrogens is 278 g/mol. The van der Waals surface area contributed by atoms with Crippen LogP contribution in [0.2, 0.25) is 0 Å². The first kappa shape index (κ1) is 16.8. The second kappa shape index (κ2) is 7.61. The largest absolute Gasteiger partial charge is 0.378 e. The van der Waals surface area contributed by atoms with Crippen LogP contribution in [-0.2, 0) is 9.53 Å². The molecule has 1 heterocycles. The highest BCUT2D eigenvalue weighted by atomic mass is 16.5. The monoisotopic (exact) mass is 305 g/mol. The second-order valence-electron chi connectivity index (χ2n) is 6.00. The molecule has 22 heavy (non-hydrogen) atoms. The minimum absolute atomic E-state index is 0.110. The van der Waals surface area contributed by atoms with E-state index >= 15 is 0 Å². The van der Waals surface area contributed by atoms with Crippen molar-refractivity contribution in [3.63, 3.8) is 0 Å². The summed E-state index contributed by atoms with van der Waals surface area (Å²) in [6.07, 6.45) is 0. The van der Waals surface area contributed by atoms with Gasteiger partial charge in [-0.1, -0.05) is 18.2 Å². The van der Waals surface area contributed by atoms with Crippen LogP contribution in [0, 0.1) is 0 Å². The molecule has 0 unspecified atom stereocenters. The van der Waals surface area contributed by atoms with Gasteiger partial charge in [-0.2, -0.15) is 0 Å². The summed E-state index contributed by atoms with van der Waals surface area (Å²) in [5, 5.41) is 3.43. The van der Waals surface area contributed by atoms with Gasteiger partial charge in [0.15, 0.2) is 0 Å². The average Bonchev–Trinajstić information content (AvgIpc) is 2.54. The summed E-state index contributed by atoms with van der Waals surface area (Å²) in [6, 6.07) is 8.19. The van der Waals surface area contributed by atoms with Crippen molar-refractivity contribution in [2.45, 2.75) is 25.9 Å². The molecule has 1 N–H and O–H groups in total. The molecule has 2 atom stereocenters. The van der Waals surface area contributed by atoms with E-state index in [0.29, 0.717) is 26.3 Å². The second-order valence-corrected chi connectivity index (χ2v) is 6.00. The zero-order valence-corrected chi connectivity index (χ0v) is 14.0. The molecule has 0 radical (unpaired) electrons. The van der Waals surface area contributed by atoms with Gasteiger partial charge in [-0.15, -0.1) is 0 Å². The van der Waals surface area contributed by atoms with E-state index in [2.05, 4.69) is 29.3 Å². The lowest BCUT2D eigenvalue weighted by atomic mass is 10.0. The summed E-state index contributed by atoms with van der Waals surface area (Å²) in [5.74, 6) is 0.150. The van der Waals surface area contributed by atoms with Crippen LogP contribution in [0.3, 0.4) is 0 Å². The number of benzene rings is 1. The number of carbonyl (C=O) groups is 1. The number of nitrogens with one attached hydrogen (secondary N) is 1. The summed E-state index contributed by atoms with van der Waals surface area (Å²) < 4.78 is 5.30. The van der Waals surface area contributed by atoms with Crippen LogP contribution < -0.4 is 10.2 Å². The molecule has 1 aliphatic rings. The van der Waals surface area contributed by atoms with Gasteiger partial charge in [-0.25, -0.2) is 0 Å². The fourth-order valence-corrected chi connectivity index (χ4v) is 2.85. The van der Waals surface area contributed by atoms with Gasteiger partial charge < -0.3 is 14.5 Å². The van der Waals surface area contributed by atoms with Crippen molar-refractivity contribution >= 4 is 11.6 Å². The Morgan fingerprint density at radius 1 is 1.23 bits per heavy atom. The molecule has 1 saturated heterocycles. The molecule has 0 bridgehead atoms. The molecule has 1 aromatic rings. The van der Waals surface area contributed by atoms with Crippen molar-refractivity contribution < 1.29 is 9.53 Å². The number of para-hydroxylation sites is 1. The minimum atomic E-state index is -0.205. The SMILES string of the molecule is C[C@H](N[C@H](C)c1ccccc1N(C)C)C(=O)N1CCOCC1. The van der Waals surface area contributed by atoms with Gasteiger partial charge in [0, 0.05) is 38.9 Å². The zero-order chi connectivity index (χ0) is 16.1. The molecule has 0 spiro atoms. The van der Waals surface area contributed by atoms with Crippen LogP contribution in [0.4, 0.5) is 5.69 Å². The van der Waals surface area contributed by atoms with Crippen molar-refractivity contribution in [2.75, 3.05) is 45.3 Å². The number of ether oxygens (including phenoxy) is 1. The quantitative estimate of drug-likeness (QED) is 0.898. The number of nitrogens with zero attached hydrogens (tertiary/aromatic N) is 2. The Hall–Kier alpha value is -1.59. The highest BCUT2D eigenvalue weighted by Crippen LogP contribution is 2.25. The third-order valence-electron chi connectivity index (χ3n) is 4.08. The molecule has 5 heteroatoms. The van der Waals surface area contributed by atoms with Gasteiger partial charge in [0.05, 0.1) is 19.3 Å². The summed E-state index contributed by atoms with van der Waals surface area (Å²) in [4.78, 5) is 16.5. The number of hydrogen-bond donors (Lipinski definition) is 1. The van der Waals surface area contributed by atoms with Gasteiger partial charge in [-0.3, -0.25) is 10.1 Å². The zero-order valence-electron chi connectivity index (χ0n) is 14.0. The Morgan fingerprint density at radius 2 is 1.86 bits per heavy atom. The van der Waals surface area contributed by atoms with Crippen LogP contribution in [0.1, 0.15) is 25.5 Å². The standard InChI is InChI=1S/C17H27N3O2/c1-13(15-7-5-6-8-16(15)19(3)4)18-14(2)17(21)20-9-11-22-12-10-20/h5-8,13-14,18H,9-12H2,1-4H3/t13-,14+/m1/s1. The first-order chi connectivity index (χ1) is 10.5. The number of morpholine rings is 1. The predicted octanol–water partition coefficient (Wildman–Crippen LogP) is 1.65. The Balaban J connectivity index is 2.01. The third kappa shape index (κ3) is 3.99. The summed E-state index contributed by atoms with van der Waals surface area (Å²) >= 11 is 0. The average molecular weight is 305 g/mol. The molecule has 122 valence electrons. The van der Waals surface area contributed by atoms with E-state index in [1.807, 2.05) is 38.1 Å². The van der Waals surface area contributed by atoms with Gasteiger partial charge in [0.2, 0.25) is 5.91 Å². The van der Waals surface area contributed by atoms with E-state index < -0.39 is 0 Å². The molecular formula is C17H27N3O2. The van der Waals surface area contributed by atoms with E-state index in [-0.39, 0.29) is 18.0 Å². The molecule has 1 fully saturated rings. The number of carbonyl (C=O) groups excluding carboxylic acids is 1. The van der Waals surface area contributed by atoms with Crippen molar-refractivity contribution in [2.24, 2.45) is 0 Å². The van der Waals surface area contributed by atoms with Crippen molar-refractivity contribution in [1.82, 2.24) is 10.2 Å². The Morgan fingerprint density at radius 3 is 2.50 bits per heavy atom. The van der Waals surface area contributed by atoms with Crippen LogP contribution in [0.5, 0.6) is 0 Å². The molecule has 0 aliphatic carbocycles. The van der Waals surface area contributed by atoms with Crippen molar-refractivity contribution in [3.8, 4) is 0 Å². The Bertz CT molecular complexity index is 498. The highest BCUT2D eigenvalue weighted by Gasteiger charge is 2.24. The van der Waals surface area contributed by atoms with E-state index in [1.165, 1.54) is 11.3 Å². The maximum absolute atomic E-state index is 12.5. The van der Waals surface area contributed by atoms with Crippen molar-refractivity contribution in [3.05, 3.63) is 29.8 Å². The molecule has 1 amide bonds. The molecule has 0 saturated carbocycles. The lowest BCUT2D eigenvalue weighted by Gasteiger charge is -2.31. The normalized spacial score (nSPS) is 17.9. The van der Waals surface area contributed by atoms with Gasteiger partial charge in [0.1, 0.15) is 0 Å². The van der Waals surface area contributed by atoms with E-state index in [4.69, 9.17) is 4.74 Å². The van der Waals surface area contributed by atoms with Gasteiger partial charge in [-0.05, 0) is 25.5 Å². The van der Waals surface area contributed by atoms with E-state index in [9.17, 15) is 4.79 Å². The number of hydrogen-bond acceptors (Lipinski definition) is 4. The summed E-state index contributed by atoms with van der Waals surface area (Å²) in [7, 11) is 4.07. The molecule has 2 rings (SSSR count). The van der Waals surface area contributed by atoms with Gasteiger partial charge in [0.25, 0.3) is 0 Å². The first-order valence-electron chi connectivity index (χ1n) is 7.89. The van der Waals surface area contributed by atoms with E-state index in [0.717, 1.165) is 0 Å². The molecule has 1 aliphatic heterocycles. The fraction of sp³-hybridized carbons (Fsp3) is 0.588. The molecule has 1 aromatic carbocycles. The lowest BCUT2D eigenvalue weighted by molar-refractivity contribution is -0.137. The Labute approximate surface area is 133 Å². The number of amides is 1. The number of rotatable bonds is 5. The van der Waals surface area contributed by atoms with Crippen molar-refractivity contribution in [1.29, 1.82) is 0 Å². The van der Waals surface area contributed by atoms with Crippen LogP contribution in [0.25, 0.3) is 0 Å². The lowest BCUT2D eigenvalue weighted by Crippen LogP contribution is -2.49.